The first kappa shape index (κ1) is 12.8. The lowest BCUT2D eigenvalue weighted by Gasteiger charge is -2.20. The third-order valence-corrected chi connectivity index (χ3v) is 2.08. The highest BCUT2D eigenvalue weighted by molar-refractivity contribution is 5.85. The zero-order valence-electron chi connectivity index (χ0n) is 10.4. The first-order chi connectivity index (χ1) is 7.40. The van der Waals surface area contributed by atoms with E-state index in [9.17, 15) is 4.79 Å². The number of nitrogens with one attached hydrogen (secondary N) is 1. The van der Waals surface area contributed by atoms with E-state index < -0.39 is 11.7 Å². The van der Waals surface area contributed by atoms with Gasteiger partial charge in [-0.15, -0.1) is 0 Å². The molecule has 0 saturated heterocycles. The number of nitrogens with zero attached hydrogens (tertiary/aromatic N) is 1. The van der Waals surface area contributed by atoms with Crippen molar-refractivity contribution in [1.29, 1.82) is 0 Å². The van der Waals surface area contributed by atoms with Crippen LogP contribution in [-0.4, -0.2) is 30.1 Å². The number of alkyl carbamates (subject to hydrolysis) is 1. The average molecular weight is 228 g/mol. The predicted molar refractivity (Wildman–Crippen MR) is 61.5 cm³/mol. The van der Waals surface area contributed by atoms with Crippen LogP contribution in [0.2, 0.25) is 0 Å². The molecule has 0 radical (unpaired) electrons. The van der Waals surface area contributed by atoms with Gasteiger partial charge in [-0.25, -0.2) is 4.79 Å². The van der Waals surface area contributed by atoms with Gasteiger partial charge in [0.05, 0.1) is 12.3 Å². The number of ether oxygens (including phenoxy) is 1. The SMILES string of the molecule is CCC1=NOC(CNC(=O)OC(C)(C)C)C1. The number of hydrogen-bond donors (Lipinski definition) is 1. The van der Waals surface area contributed by atoms with Gasteiger partial charge in [-0.1, -0.05) is 12.1 Å². The molecule has 1 heterocycles. The van der Waals surface area contributed by atoms with Crippen molar-refractivity contribution >= 4 is 11.8 Å². The van der Waals surface area contributed by atoms with Gasteiger partial charge >= 0.3 is 6.09 Å². The second-order valence-corrected chi connectivity index (χ2v) is 4.83. The summed E-state index contributed by atoms with van der Waals surface area (Å²) in [4.78, 5) is 16.5. The molecule has 1 N–H and O–H groups in total. The average Bonchev–Trinajstić information content (AvgIpc) is 2.59. The molecule has 16 heavy (non-hydrogen) atoms. The summed E-state index contributed by atoms with van der Waals surface area (Å²) in [6.07, 6.45) is 1.21. The fourth-order valence-corrected chi connectivity index (χ4v) is 1.32. The van der Waals surface area contributed by atoms with E-state index in [1.807, 2.05) is 27.7 Å². The maximum absolute atomic E-state index is 11.3. The van der Waals surface area contributed by atoms with Gasteiger partial charge in [0.15, 0.2) is 0 Å². The van der Waals surface area contributed by atoms with Gasteiger partial charge < -0.3 is 14.9 Å². The van der Waals surface area contributed by atoms with Crippen LogP contribution in [0, 0.1) is 0 Å². The molecule has 0 bridgehead atoms. The van der Waals surface area contributed by atoms with Crippen LogP contribution in [0.3, 0.4) is 0 Å². The summed E-state index contributed by atoms with van der Waals surface area (Å²) in [6, 6.07) is 0. The van der Waals surface area contributed by atoms with Gasteiger partial charge in [0, 0.05) is 6.42 Å². The molecule has 0 saturated carbocycles. The highest BCUT2D eigenvalue weighted by Crippen LogP contribution is 2.12. The van der Waals surface area contributed by atoms with E-state index in [0.29, 0.717) is 6.54 Å². The van der Waals surface area contributed by atoms with Crippen molar-refractivity contribution in [2.45, 2.75) is 52.2 Å². The van der Waals surface area contributed by atoms with E-state index in [0.717, 1.165) is 18.6 Å². The summed E-state index contributed by atoms with van der Waals surface area (Å²) in [5.41, 5.74) is 0.571. The van der Waals surface area contributed by atoms with Gasteiger partial charge in [-0.05, 0) is 27.2 Å². The van der Waals surface area contributed by atoms with Crippen LogP contribution in [0.25, 0.3) is 0 Å². The van der Waals surface area contributed by atoms with E-state index in [2.05, 4.69) is 10.5 Å². The summed E-state index contributed by atoms with van der Waals surface area (Å²) in [6.45, 7) is 7.96. The molecule has 92 valence electrons. The molecule has 0 aromatic heterocycles. The zero-order valence-corrected chi connectivity index (χ0v) is 10.4. The van der Waals surface area contributed by atoms with Gasteiger partial charge in [-0.3, -0.25) is 0 Å². The molecule has 1 amide bonds. The highest BCUT2D eigenvalue weighted by Gasteiger charge is 2.22. The summed E-state index contributed by atoms with van der Waals surface area (Å²) >= 11 is 0. The zero-order chi connectivity index (χ0) is 12.2. The third-order valence-electron chi connectivity index (χ3n) is 2.08. The maximum atomic E-state index is 11.3. The topological polar surface area (TPSA) is 59.9 Å². The predicted octanol–water partition coefficient (Wildman–Crippen LogP) is 2.07. The molecule has 5 heteroatoms. The van der Waals surface area contributed by atoms with E-state index in [1.54, 1.807) is 0 Å². The van der Waals surface area contributed by atoms with Crippen LogP contribution in [0.15, 0.2) is 5.16 Å². The number of carbonyl (C=O) groups is 1. The fraction of sp³-hybridized carbons (Fsp3) is 0.818. The lowest BCUT2D eigenvalue weighted by atomic mass is 10.1. The Morgan fingerprint density at radius 2 is 2.31 bits per heavy atom. The normalized spacial score (nSPS) is 20.0. The molecule has 0 aromatic rings. The van der Waals surface area contributed by atoms with Crippen molar-refractivity contribution < 1.29 is 14.4 Å². The van der Waals surface area contributed by atoms with Crippen LogP contribution < -0.4 is 5.32 Å². The number of rotatable bonds is 3. The summed E-state index contributed by atoms with van der Waals surface area (Å²) in [5, 5.41) is 6.58. The minimum Gasteiger partial charge on any atom is -0.444 e. The van der Waals surface area contributed by atoms with Crippen molar-refractivity contribution in [3.63, 3.8) is 0 Å². The maximum Gasteiger partial charge on any atom is 0.407 e. The number of amides is 1. The molecule has 0 aromatic carbocycles. The Hall–Kier alpha value is -1.26. The molecule has 0 aliphatic carbocycles. The molecule has 5 nitrogen and oxygen atoms in total. The summed E-state index contributed by atoms with van der Waals surface area (Å²) < 4.78 is 5.11. The molecule has 1 atom stereocenters. The number of hydrogen-bond acceptors (Lipinski definition) is 4. The lowest BCUT2D eigenvalue weighted by Crippen LogP contribution is -2.36. The first-order valence-electron chi connectivity index (χ1n) is 5.59. The van der Waals surface area contributed by atoms with E-state index in [4.69, 9.17) is 9.57 Å². The number of oxime groups is 1. The van der Waals surface area contributed by atoms with E-state index in [1.165, 1.54) is 0 Å². The molecular formula is C11H20N2O3. The standard InChI is InChI=1S/C11H20N2O3/c1-5-8-6-9(16-13-8)7-12-10(14)15-11(2,3)4/h9H,5-7H2,1-4H3,(H,12,14). The Balaban J connectivity index is 2.19. The highest BCUT2D eigenvalue weighted by atomic mass is 16.6. The van der Waals surface area contributed by atoms with E-state index in [-0.39, 0.29) is 6.10 Å². The smallest absolute Gasteiger partial charge is 0.407 e. The largest absolute Gasteiger partial charge is 0.444 e. The Morgan fingerprint density at radius 3 is 2.81 bits per heavy atom. The van der Waals surface area contributed by atoms with Gasteiger partial charge in [0.2, 0.25) is 0 Å². The van der Waals surface area contributed by atoms with Crippen LogP contribution in [-0.2, 0) is 9.57 Å². The number of carbonyl (C=O) groups excluding carboxylic acids is 1. The van der Waals surface area contributed by atoms with Crippen LogP contribution >= 0.6 is 0 Å². The minimum absolute atomic E-state index is 0.0533. The van der Waals surface area contributed by atoms with Crippen LogP contribution in [0.1, 0.15) is 40.5 Å². The van der Waals surface area contributed by atoms with Crippen molar-refractivity contribution in [3.05, 3.63) is 0 Å². The van der Waals surface area contributed by atoms with Crippen molar-refractivity contribution in [2.75, 3.05) is 6.54 Å². The lowest BCUT2D eigenvalue weighted by molar-refractivity contribution is 0.0439. The second-order valence-electron chi connectivity index (χ2n) is 4.83. The quantitative estimate of drug-likeness (QED) is 0.804. The minimum atomic E-state index is -0.467. The second kappa shape index (κ2) is 5.18. The molecule has 0 spiro atoms. The molecule has 0 fully saturated rings. The van der Waals surface area contributed by atoms with Crippen molar-refractivity contribution in [2.24, 2.45) is 5.16 Å². The van der Waals surface area contributed by atoms with Crippen molar-refractivity contribution in [3.8, 4) is 0 Å². The van der Waals surface area contributed by atoms with Crippen LogP contribution in [0.5, 0.6) is 0 Å². The Morgan fingerprint density at radius 1 is 1.62 bits per heavy atom. The Kier molecular flexibility index (Phi) is 4.15. The monoisotopic (exact) mass is 228 g/mol. The van der Waals surface area contributed by atoms with Gasteiger partial charge in [-0.2, -0.15) is 0 Å². The summed E-state index contributed by atoms with van der Waals surface area (Å²) in [5.74, 6) is 0. The first-order valence-corrected chi connectivity index (χ1v) is 5.59. The molecule has 1 unspecified atom stereocenters. The van der Waals surface area contributed by atoms with Gasteiger partial charge in [0.25, 0.3) is 0 Å². The fourth-order valence-electron chi connectivity index (χ4n) is 1.32. The van der Waals surface area contributed by atoms with E-state index >= 15 is 0 Å². The summed E-state index contributed by atoms with van der Waals surface area (Å²) in [7, 11) is 0. The third kappa shape index (κ3) is 4.51. The molecule has 1 aliphatic heterocycles. The molecule has 1 aliphatic rings. The molecule has 1 rings (SSSR count). The molecular weight excluding hydrogens is 208 g/mol. The Labute approximate surface area is 96.2 Å². The Bertz CT molecular complexity index is 281. The van der Waals surface area contributed by atoms with Gasteiger partial charge in [0.1, 0.15) is 11.7 Å². The van der Waals surface area contributed by atoms with Crippen molar-refractivity contribution in [1.82, 2.24) is 5.32 Å². The van der Waals surface area contributed by atoms with Crippen LogP contribution in [0.4, 0.5) is 4.79 Å².